The molecule has 0 saturated carbocycles. The van der Waals surface area contributed by atoms with Crippen LogP contribution in [0.2, 0.25) is 0 Å². The Kier molecular flexibility index (Phi) is 2.42. The van der Waals surface area contributed by atoms with Gasteiger partial charge in [0.2, 0.25) is 12.7 Å². The van der Waals surface area contributed by atoms with E-state index >= 15 is 0 Å². The second-order valence-electron chi connectivity index (χ2n) is 3.02. The van der Waals surface area contributed by atoms with E-state index in [1.165, 1.54) is 0 Å². The minimum absolute atomic E-state index is 0.157. The number of hydrogen-bond donors (Lipinski definition) is 1. The third-order valence-corrected chi connectivity index (χ3v) is 2.00. The van der Waals surface area contributed by atoms with E-state index in [1.807, 2.05) is 0 Å². The largest absolute Gasteiger partial charge is 0.454 e. The molecule has 5 heteroatoms. The fourth-order valence-electron chi connectivity index (χ4n) is 1.34. The van der Waals surface area contributed by atoms with Crippen LogP contribution in [0.1, 0.15) is 5.56 Å². The molecule has 1 aliphatic heterocycles. The molecule has 15 heavy (non-hydrogen) atoms. The van der Waals surface area contributed by atoms with Crippen LogP contribution in [-0.2, 0) is 11.2 Å². The number of nitrogens with one attached hydrogen (secondary N) is 1. The van der Waals surface area contributed by atoms with Crippen molar-refractivity contribution >= 4 is 5.91 Å². The van der Waals surface area contributed by atoms with Gasteiger partial charge in [0.25, 0.3) is 0 Å². The lowest BCUT2D eigenvalue weighted by Gasteiger charge is -2.00. The van der Waals surface area contributed by atoms with Crippen LogP contribution in [0.4, 0.5) is 0 Å². The maximum Gasteiger partial charge on any atom is 0.237 e. The molecule has 0 atom stereocenters. The van der Waals surface area contributed by atoms with Gasteiger partial charge in [-0.05, 0) is 17.7 Å². The molecule has 2 rings (SSSR count). The van der Waals surface area contributed by atoms with Crippen molar-refractivity contribution in [2.75, 3.05) is 6.79 Å². The number of nitrogens with zero attached hydrogens (tertiary/aromatic N) is 1. The summed E-state index contributed by atoms with van der Waals surface area (Å²) in [5.74, 6) is 0.980. The van der Waals surface area contributed by atoms with Crippen LogP contribution in [0.15, 0.2) is 18.2 Å². The number of carbonyl (C=O) groups is 1. The molecule has 1 aromatic carbocycles. The summed E-state index contributed by atoms with van der Waals surface area (Å²) in [6, 6.07) is 5.25. The van der Waals surface area contributed by atoms with Gasteiger partial charge in [0.1, 0.15) is 0 Å². The van der Waals surface area contributed by atoms with E-state index in [2.05, 4.69) is 5.32 Å². The van der Waals surface area contributed by atoms with Gasteiger partial charge < -0.3 is 9.47 Å². The average Bonchev–Trinajstić information content (AvgIpc) is 2.65. The molecule has 1 amide bonds. The van der Waals surface area contributed by atoms with Crippen molar-refractivity contribution < 1.29 is 14.3 Å². The van der Waals surface area contributed by atoms with Gasteiger partial charge >= 0.3 is 0 Å². The van der Waals surface area contributed by atoms with Gasteiger partial charge in [-0.2, -0.15) is 5.26 Å². The molecule has 1 heterocycles. The van der Waals surface area contributed by atoms with Gasteiger partial charge in [0.05, 0.1) is 6.42 Å². The van der Waals surface area contributed by atoms with Crippen molar-refractivity contribution in [2.24, 2.45) is 0 Å². The SMILES string of the molecule is N#CNC(=O)Cc1ccc2c(c1)OCO2. The van der Waals surface area contributed by atoms with Gasteiger partial charge in [-0.25, -0.2) is 0 Å². The maximum absolute atomic E-state index is 11.1. The molecule has 5 nitrogen and oxygen atoms in total. The van der Waals surface area contributed by atoms with Crippen molar-refractivity contribution in [1.29, 1.82) is 5.26 Å². The third-order valence-electron chi connectivity index (χ3n) is 2.00. The van der Waals surface area contributed by atoms with E-state index in [-0.39, 0.29) is 19.1 Å². The summed E-state index contributed by atoms with van der Waals surface area (Å²) in [5, 5.41) is 10.3. The van der Waals surface area contributed by atoms with Crippen molar-refractivity contribution in [3.63, 3.8) is 0 Å². The summed E-state index contributed by atoms with van der Waals surface area (Å²) >= 11 is 0. The minimum Gasteiger partial charge on any atom is -0.454 e. The lowest BCUT2D eigenvalue weighted by Crippen LogP contribution is -2.19. The molecule has 1 aromatic rings. The molecule has 1 N–H and O–H groups in total. The van der Waals surface area contributed by atoms with Crippen LogP contribution in [0.3, 0.4) is 0 Å². The number of hydrogen-bond acceptors (Lipinski definition) is 4. The highest BCUT2D eigenvalue weighted by molar-refractivity contribution is 5.80. The Morgan fingerprint density at radius 1 is 1.47 bits per heavy atom. The van der Waals surface area contributed by atoms with Crippen molar-refractivity contribution in [3.05, 3.63) is 23.8 Å². The zero-order valence-corrected chi connectivity index (χ0v) is 7.82. The summed E-state index contributed by atoms with van der Waals surface area (Å²) in [5.41, 5.74) is 0.784. The molecule has 0 spiro atoms. The molecule has 0 unspecified atom stereocenters. The van der Waals surface area contributed by atoms with Crippen LogP contribution in [-0.4, -0.2) is 12.7 Å². The van der Waals surface area contributed by atoms with E-state index in [4.69, 9.17) is 14.7 Å². The third kappa shape index (κ3) is 1.99. The second-order valence-corrected chi connectivity index (χ2v) is 3.02. The van der Waals surface area contributed by atoms with Crippen LogP contribution >= 0.6 is 0 Å². The molecule has 0 radical (unpaired) electrons. The first-order chi connectivity index (χ1) is 7.29. The first-order valence-corrected chi connectivity index (χ1v) is 4.36. The Bertz CT molecular complexity index is 437. The van der Waals surface area contributed by atoms with E-state index < -0.39 is 0 Å². The van der Waals surface area contributed by atoms with Gasteiger partial charge in [-0.3, -0.25) is 10.1 Å². The molecule has 0 bridgehead atoms. The second kappa shape index (κ2) is 3.88. The monoisotopic (exact) mass is 204 g/mol. The summed E-state index contributed by atoms with van der Waals surface area (Å²) in [4.78, 5) is 11.1. The molecule has 0 aliphatic carbocycles. The predicted molar refractivity (Wildman–Crippen MR) is 50.0 cm³/mol. The number of fused-ring (bicyclic) bond motifs is 1. The van der Waals surface area contributed by atoms with Crippen molar-refractivity contribution in [1.82, 2.24) is 5.32 Å². The standard InChI is InChI=1S/C10H8N2O3/c11-5-12-10(13)4-7-1-2-8-9(3-7)15-6-14-8/h1-3H,4,6H2,(H,12,13). The fraction of sp³-hybridized carbons (Fsp3) is 0.200. The number of rotatable bonds is 2. The van der Waals surface area contributed by atoms with Gasteiger partial charge in [-0.15, -0.1) is 0 Å². The summed E-state index contributed by atoms with van der Waals surface area (Å²) in [7, 11) is 0. The zero-order valence-electron chi connectivity index (χ0n) is 7.82. The predicted octanol–water partition coefficient (Wildman–Crippen LogP) is 0.555. The van der Waals surface area contributed by atoms with Crippen molar-refractivity contribution in [2.45, 2.75) is 6.42 Å². The Morgan fingerprint density at radius 2 is 2.27 bits per heavy atom. The van der Waals surface area contributed by atoms with E-state index in [1.54, 1.807) is 24.4 Å². The first kappa shape index (κ1) is 9.34. The normalized spacial score (nSPS) is 11.9. The average molecular weight is 204 g/mol. The molecular weight excluding hydrogens is 196 g/mol. The van der Waals surface area contributed by atoms with Crippen LogP contribution in [0, 0.1) is 11.5 Å². The van der Waals surface area contributed by atoms with E-state index in [0.717, 1.165) is 5.56 Å². The number of carbonyl (C=O) groups excluding carboxylic acids is 1. The Hall–Kier alpha value is -2.22. The minimum atomic E-state index is -0.337. The lowest BCUT2D eigenvalue weighted by molar-refractivity contribution is -0.119. The van der Waals surface area contributed by atoms with Crippen LogP contribution < -0.4 is 14.8 Å². The number of amides is 1. The zero-order chi connectivity index (χ0) is 10.7. The molecule has 0 fully saturated rings. The highest BCUT2D eigenvalue weighted by atomic mass is 16.7. The van der Waals surface area contributed by atoms with Crippen LogP contribution in [0.25, 0.3) is 0 Å². The quantitative estimate of drug-likeness (QED) is 0.564. The van der Waals surface area contributed by atoms with E-state index in [0.29, 0.717) is 11.5 Å². The molecule has 76 valence electrons. The summed E-state index contributed by atoms with van der Waals surface area (Å²) in [6.45, 7) is 0.211. The number of benzene rings is 1. The smallest absolute Gasteiger partial charge is 0.237 e. The molecule has 0 aromatic heterocycles. The molecule has 0 saturated heterocycles. The van der Waals surface area contributed by atoms with E-state index in [9.17, 15) is 4.79 Å². The van der Waals surface area contributed by atoms with Gasteiger partial charge in [0.15, 0.2) is 17.7 Å². The van der Waals surface area contributed by atoms with Gasteiger partial charge in [-0.1, -0.05) is 6.07 Å². The summed E-state index contributed by atoms with van der Waals surface area (Å²) in [6.07, 6.45) is 1.74. The molecule has 1 aliphatic rings. The van der Waals surface area contributed by atoms with Crippen LogP contribution in [0.5, 0.6) is 11.5 Å². The lowest BCUT2D eigenvalue weighted by atomic mass is 10.1. The number of nitriles is 1. The number of ether oxygens (including phenoxy) is 2. The topological polar surface area (TPSA) is 71.4 Å². The highest BCUT2D eigenvalue weighted by Gasteiger charge is 2.14. The first-order valence-electron chi connectivity index (χ1n) is 4.36. The Morgan fingerprint density at radius 3 is 3.07 bits per heavy atom. The van der Waals surface area contributed by atoms with Gasteiger partial charge in [0, 0.05) is 0 Å². The Labute approximate surface area is 86.2 Å². The van der Waals surface area contributed by atoms with Crippen molar-refractivity contribution in [3.8, 4) is 17.7 Å². The maximum atomic E-state index is 11.1. The molecular formula is C10H8N2O3. The fourth-order valence-corrected chi connectivity index (χ4v) is 1.34. The Balaban J connectivity index is 2.11. The highest BCUT2D eigenvalue weighted by Crippen LogP contribution is 2.32. The summed E-state index contributed by atoms with van der Waals surface area (Å²) < 4.78 is 10.3.